The zero-order valence-electron chi connectivity index (χ0n) is 11.3. The van der Waals surface area contributed by atoms with Crippen molar-refractivity contribution in [2.45, 2.75) is 38.8 Å². The first kappa shape index (κ1) is 15.8. The molecule has 0 aromatic carbocycles. The van der Waals surface area contributed by atoms with Gasteiger partial charge >= 0.3 is 6.09 Å². The van der Waals surface area contributed by atoms with Crippen molar-refractivity contribution in [2.75, 3.05) is 6.54 Å². The van der Waals surface area contributed by atoms with Crippen LogP contribution >= 0.6 is 15.9 Å². The summed E-state index contributed by atoms with van der Waals surface area (Å²) in [6.45, 7) is 5.74. The molecule has 106 valence electrons. The maximum absolute atomic E-state index is 11.4. The molecular weight excluding hydrogens is 312 g/mol. The van der Waals surface area contributed by atoms with E-state index in [0.29, 0.717) is 18.8 Å². The van der Waals surface area contributed by atoms with Gasteiger partial charge in [-0.3, -0.25) is 0 Å². The fraction of sp³-hybridized carbons (Fsp3) is 0.583. The van der Waals surface area contributed by atoms with Crippen molar-refractivity contribution in [1.29, 1.82) is 0 Å². The number of hydrogen-bond donors (Lipinski definition) is 2. The van der Waals surface area contributed by atoms with Gasteiger partial charge in [-0.15, -0.1) is 0 Å². The van der Waals surface area contributed by atoms with E-state index in [9.17, 15) is 4.79 Å². The van der Waals surface area contributed by atoms with Crippen molar-refractivity contribution in [1.82, 2.24) is 15.3 Å². The lowest BCUT2D eigenvalue weighted by Crippen LogP contribution is -2.41. The Bertz CT molecular complexity index is 417. The quantitative estimate of drug-likeness (QED) is 0.875. The topological polar surface area (TPSA) is 90.1 Å². The van der Waals surface area contributed by atoms with E-state index >= 15 is 0 Å². The van der Waals surface area contributed by atoms with Gasteiger partial charge in [0.05, 0.1) is 4.47 Å². The predicted octanol–water partition coefficient (Wildman–Crippen LogP) is 1.63. The van der Waals surface area contributed by atoms with Gasteiger partial charge in [0.1, 0.15) is 11.4 Å². The van der Waals surface area contributed by atoms with Crippen molar-refractivity contribution >= 4 is 22.0 Å². The first-order valence-electron chi connectivity index (χ1n) is 5.95. The first-order valence-corrected chi connectivity index (χ1v) is 6.74. The number of aromatic nitrogens is 2. The molecule has 0 saturated heterocycles. The number of nitrogens with two attached hydrogens (primary N) is 1. The fourth-order valence-electron chi connectivity index (χ4n) is 1.28. The molecule has 0 aliphatic heterocycles. The van der Waals surface area contributed by atoms with Crippen LogP contribution < -0.4 is 11.1 Å². The van der Waals surface area contributed by atoms with E-state index in [2.05, 4.69) is 31.2 Å². The summed E-state index contributed by atoms with van der Waals surface area (Å²) in [7, 11) is 0. The lowest BCUT2D eigenvalue weighted by atomic mass is 10.2. The Hall–Kier alpha value is -1.21. The zero-order chi connectivity index (χ0) is 14.5. The highest BCUT2D eigenvalue weighted by Gasteiger charge is 2.16. The molecule has 1 unspecified atom stereocenters. The van der Waals surface area contributed by atoms with Crippen LogP contribution in [0.5, 0.6) is 0 Å². The Morgan fingerprint density at radius 3 is 2.58 bits per heavy atom. The van der Waals surface area contributed by atoms with Gasteiger partial charge in [-0.05, 0) is 36.7 Å². The molecule has 0 fully saturated rings. The Morgan fingerprint density at radius 2 is 2.05 bits per heavy atom. The summed E-state index contributed by atoms with van der Waals surface area (Å²) in [6.07, 6.45) is 3.34. The van der Waals surface area contributed by atoms with Crippen LogP contribution in [0.4, 0.5) is 4.79 Å². The maximum atomic E-state index is 11.4. The molecule has 0 bridgehead atoms. The van der Waals surface area contributed by atoms with E-state index in [1.165, 1.54) is 0 Å². The lowest BCUT2D eigenvalue weighted by Gasteiger charge is -2.20. The summed E-state index contributed by atoms with van der Waals surface area (Å²) >= 11 is 3.26. The average Bonchev–Trinajstić information content (AvgIpc) is 2.27. The minimum Gasteiger partial charge on any atom is -0.444 e. The second-order valence-corrected chi connectivity index (χ2v) is 6.08. The number of carbonyl (C=O) groups excluding carboxylic acids is 1. The molecular formula is C12H19BrN4O2. The third kappa shape index (κ3) is 7.07. The van der Waals surface area contributed by atoms with Crippen LogP contribution in [0.2, 0.25) is 0 Å². The second kappa shape index (κ2) is 6.81. The average molecular weight is 331 g/mol. The summed E-state index contributed by atoms with van der Waals surface area (Å²) in [5.74, 6) is 0.640. The molecule has 1 amide bonds. The van der Waals surface area contributed by atoms with E-state index in [0.717, 1.165) is 4.47 Å². The summed E-state index contributed by atoms with van der Waals surface area (Å²) in [4.78, 5) is 19.7. The first-order chi connectivity index (χ1) is 8.76. The van der Waals surface area contributed by atoms with Crippen molar-refractivity contribution in [3.05, 3.63) is 22.7 Å². The lowest BCUT2D eigenvalue weighted by molar-refractivity contribution is 0.0524. The number of carbonyl (C=O) groups is 1. The van der Waals surface area contributed by atoms with Crippen molar-refractivity contribution in [3.8, 4) is 0 Å². The van der Waals surface area contributed by atoms with Crippen molar-refractivity contribution < 1.29 is 9.53 Å². The van der Waals surface area contributed by atoms with E-state index in [1.807, 2.05) is 20.8 Å². The van der Waals surface area contributed by atoms with Gasteiger partial charge in [-0.2, -0.15) is 0 Å². The molecule has 1 heterocycles. The number of halogens is 1. The van der Waals surface area contributed by atoms with E-state index in [-0.39, 0.29) is 6.04 Å². The van der Waals surface area contributed by atoms with Crippen LogP contribution in [0, 0.1) is 0 Å². The Kier molecular flexibility index (Phi) is 5.68. The van der Waals surface area contributed by atoms with Gasteiger partial charge < -0.3 is 15.8 Å². The Labute approximate surface area is 121 Å². The normalized spacial score (nSPS) is 12.9. The van der Waals surface area contributed by atoms with Crippen LogP contribution in [0.3, 0.4) is 0 Å². The molecule has 6 nitrogen and oxygen atoms in total. The molecule has 1 atom stereocenters. The van der Waals surface area contributed by atoms with Gasteiger partial charge in [0, 0.05) is 31.4 Å². The number of alkyl carbamates (subject to hydrolysis) is 1. The van der Waals surface area contributed by atoms with Crippen molar-refractivity contribution in [2.24, 2.45) is 5.73 Å². The highest BCUT2D eigenvalue weighted by molar-refractivity contribution is 9.10. The van der Waals surface area contributed by atoms with Crippen LogP contribution in [0.25, 0.3) is 0 Å². The number of rotatable bonds is 4. The summed E-state index contributed by atoms with van der Waals surface area (Å²) < 4.78 is 5.93. The van der Waals surface area contributed by atoms with Gasteiger partial charge in [0.15, 0.2) is 0 Å². The monoisotopic (exact) mass is 330 g/mol. The van der Waals surface area contributed by atoms with Crippen LogP contribution in [0.1, 0.15) is 26.6 Å². The Morgan fingerprint density at radius 1 is 1.47 bits per heavy atom. The van der Waals surface area contributed by atoms with Crippen LogP contribution in [-0.4, -0.2) is 34.2 Å². The molecule has 0 saturated carbocycles. The number of nitrogens with one attached hydrogen (secondary N) is 1. The van der Waals surface area contributed by atoms with Crippen molar-refractivity contribution in [3.63, 3.8) is 0 Å². The van der Waals surface area contributed by atoms with Crippen LogP contribution in [-0.2, 0) is 11.2 Å². The van der Waals surface area contributed by atoms with E-state index in [1.54, 1.807) is 12.4 Å². The minimum atomic E-state index is -0.511. The molecule has 0 spiro atoms. The number of ether oxygens (including phenoxy) is 1. The minimum absolute atomic E-state index is 0.256. The summed E-state index contributed by atoms with van der Waals surface area (Å²) in [6, 6.07) is -0.256. The predicted molar refractivity (Wildman–Crippen MR) is 75.6 cm³/mol. The third-order valence-electron chi connectivity index (χ3n) is 2.03. The van der Waals surface area contributed by atoms with Gasteiger partial charge in [-0.25, -0.2) is 14.8 Å². The summed E-state index contributed by atoms with van der Waals surface area (Å²) in [5.41, 5.74) is 5.38. The van der Waals surface area contributed by atoms with Gasteiger partial charge in [0.2, 0.25) is 0 Å². The largest absolute Gasteiger partial charge is 0.444 e. The second-order valence-electron chi connectivity index (χ2n) is 5.16. The maximum Gasteiger partial charge on any atom is 0.407 e. The number of hydrogen-bond acceptors (Lipinski definition) is 5. The smallest absolute Gasteiger partial charge is 0.407 e. The van der Waals surface area contributed by atoms with Gasteiger partial charge in [-0.1, -0.05) is 0 Å². The number of amides is 1. The fourth-order valence-corrected chi connectivity index (χ4v) is 1.48. The van der Waals surface area contributed by atoms with E-state index in [4.69, 9.17) is 10.5 Å². The van der Waals surface area contributed by atoms with E-state index < -0.39 is 11.7 Å². The molecule has 0 radical (unpaired) electrons. The molecule has 3 N–H and O–H groups in total. The SMILES string of the molecule is CC(C)(C)OC(=O)NCC(N)Cc1ncc(Br)cn1. The highest BCUT2D eigenvalue weighted by Crippen LogP contribution is 2.07. The molecule has 19 heavy (non-hydrogen) atoms. The van der Waals surface area contributed by atoms with Gasteiger partial charge in [0.25, 0.3) is 0 Å². The molecule has 0 aliphatic carbocycles. The standard InChI is InChI=1S/C12H19BrN4O2/c1-12(2,3)19-11(18)17-7-9(14)4-10-15-5-8(13)6-16-10/h5-6,9H,4,7,14H2,1-3H3,(H,17,18). The highest BCUT2D eigenvalue weighted by atomic mass is 79.9. The Balaban J connectivity index is 2.33. The zero-order valence-corrected chi connectivity index (χ0v) is 12.9. The molecule has 1 aromatic rings. The molecule has 0 aliphatic rings. The molecule has 7 heteroatoms. The third-order valence-corrected chi connectivity index (χ3v) is 2.44. The molecule has 1 rings (SSSR count). The van der Waals surface area contributed by atoms with Crippen LogP contribution in [0.15, 0.2) is 16.9 Å². The molecule has 1 aromatic heterocycles. The summed E-state index contributed by atoms with van der Waals surface area (Å²) in [5, 5.41) is 2.62. The number of nitrogens with zero attached hydrogens (tertiary/aromatic N) is 2.